The van der Waals surface area contributed by atoms with Crippen LogP contribution in [0.2, 0.25) is 0 Å². The van der Waals surface area contributed by atoms with Crippen LogP contribution in [-0.2, 0) is 14.8 Å². The number of hydrogen-bond donors (Lipinski definition) is 2. The maximum atomic E-state index is 11.6. The maximum absolute atomic E-state index is 11.6. The van der Waals surface area contributed by atoms with Gasteiger partial charge in [-0.25, -0.2) is 13.1 Å². The molecule has 2 atom stereocenters. The van der Waals surface area contributed by atoms with E-state index < -0.39 is 21.5 Å². The summed E-state index contributed by atoms with van der Waals surface area (Å²) >= 11 is 0. The van der Waals surface area contributed by atoms with E-state index in [2.05, 4.69) is 17.0 Å². The zero-order valence-electron chi connectivity index (χ0n) is 8.40. The minimum Gasteiger partial charge on any atom is -0.344 e. The van der Waals surface area contributed by atoms with E-state index in [4.69, 9.17) is 0 Å². The van der Waals surface area contributed by atoms with Gasteiger partial charge in [0.2, 0.25) is 10.0 Å². The highest BCUT2D eigenvalue weighted by molar-refractivity contribution is 7.90. The summed E-state index contributed by atoms with van der Waals surface area (Å²) in [5.41, 5.74) is 2.95. The Balaban J connectivity index is 2.02. The van der Waals surface area contributed by atoms with Gasteiger partial charge in [0.25, 0.3) is 5.91 Å². The third kappa shape index (κ3) is 1.79. The molecule has 2 rings (SSSR count). The Kier molecular flexibility index (Phi) is 2.16. The predicted molar refractivity (Wildman–Crippen MR) is 54.0 cm³/mol. The van der Waals surface area contributed by atoms with E-state index in [9.17, 15) is 13.2 Å². The van der Waals surface area contributed by atoms with Gasteiger partial charge in [-0.1, -0.05) is 6.08 Å². The molecule has 6 heteroatoms. The molecule has 15 heavy (non-hydrogen) atoms. The van der Waals surface area contributed by atoms with Crippen LogP contribution < -0.4 is 10.5 Å². The van der Waals surface area contributed by atoms with Gasteiger partial charge in [0.1, 0.15) is 0 Å². The fourth-order valence-corrected chi connectivity index (χ4v) is 2.98. The normalized spacial score (nSPS) is 34.6. The molecule has 2 aliphatic carbocycles. The van der Waals surface area contributed by atoms with Crippen LogP contribution in [0.4, 0.5) is 0 Å². The van der Waals surface area contributed by atoms with Gasteiger partial charge in [0, 0.05) is 12.3 Å². The van der Waals surface area contributed by atoms with E-state index in [1.165, 1.54) is 0 Å². The molecule has 0 aromatic carbocycles. The van der Waals surface area contributed by atoms with Crippen molar-refractivity contribution >= 4 is 15.9 Å². The van der Waals surface area contributed by atoms with Gasteiger partial charge >= 0.3 is 0 Å². The van der Waals surface area contributed by atoms with E-state index in [0.29, 0.717) is 19.3 Å². The van der Waals surface area contributed by atoms with Crippen LogP contribution in [0.5, 0.6) is 0 Å². The molecule has 0 bridgehead atoms. The second-order valence-electron chi connectivity index (χ2n) is 4.38. The molecule has 1 amide bonds. The van der Waals surface area contributed by atoms with E-state index >= 15 is 0 Å². The first-order valence-corrected chi connectivity index (χ1v) is 6.49. The summed E-state index contributed by atoms with van der Waals surface area (Å²) in [6.45, 7) is 3.58. The summed E-state index contributed by atoms with van der Waals surface area (Å²) in [6, 6.07) is 0. The van der Waals surface area contributed by atoms with Crippen molar-refractivity contribution < 1.29 is 18.9 Å². The van der Waals surface area contributed by atoms with Crippen molar-refractivity contribution in [3.63, 3.8) is 0 Å². The topological polar surface area (TPSA) is 90.9 Å². The minimum atomic E-state index is -3.43. The molecule has 2 aliphatic rings. The van der Waals surface area contributed by atoms with Gasteiger partial charge in [-0.15, -0.1) is 6.58 Å². The third-order valence-electron chi connectivity index (χ3n) is 3.07. The molecule has 0 saturated heterocycles. The lowest BCUT2D eigenvalue weighted by Gasteiger charge is -2.08. The van der Waals surface area contributed by atoms with Crippen LogP contribution in [0.3, 0.4) is 0 Å². The molecule has 2 unspecified atom stereocenters. The van der Waals surface area contributed by atoms with Gasteiger partial charge < -0.3 is 5.73 Å². The SMILES string of the molecule is C=CC1CC1([NH3+])C(=O)NS(=O)(=O)C1CC1. The van der Waals surface area contributed by atoms with E-state index in [0.717, 1.165) is 0 Å². The zero-order valence-corrected chi connectivity index (χ0v) is 9.22. The summed E-state index contributed by atoms with van der Waals surface area (Å²) in [5, 5.41) is -0.369. The number of nitrogens with one attached hydrogen (secondary N) is 1. The van der Waals surface area contributed by atoms with Crippen molar-refractivity contribution in [1.82, 2.24) is 4.72 Å². The van der Waals surface area contributed by atoms with Crippen LogP contribution in [0, 0.1) is 5.92 Å². The molecule has 0 radical (unpaired) electrons. The van der Waals surface area contributed by atoms with Crippen LogP contribution >= 0.6 is 0 Å². The minimum absolute atomic E-state index is 0.00639. The molecule has 0 aliphatic heterocycles. The monoisotopic (exact) mass is 231 g/mol. The molecule has 0 aromatic heterocycles. The van der Waals surface area contributed by atoms with Gasteiger partial charge in [-0.2, -0.15) is 0 Å². The summed E-state index contributed by atoms with van der Waals surface area (Å²) in [4.78, 5) is 11.6. The highest BCUT2D eigenvalue weighted by Gasteiger charge is 2.61. The van der Waals surface area contributed by atoms with Crippen LogP contribution in [0.25, 0.3) is 0 Å². The lowest BCUT2D eigenvalue weighted by atomic mass is 10.2. The fraction of sp³-hybridized carbons (Fsp3) is 0.667. The number of rotatable bonds is 4. The zero-order chi connectivity index (χ0) is 11.3. The van der Waals surface area contributed by atoms with Crippen molar-refractivity contribution in [2.75, 3.05) is 0 Å². The van der Waals surface area contributed by atoms with E-state index in [1.54, 1.807) is 6.08 Å². The third-order valence-corrected chi connectivity index (χ3v) is 4.89. The fourth-order valence-electron chi connectivity index (χ4n) is 1.60. The van der Waals surface area contributed by atoms with Crippen molar-refractivity contribution in [2.45, 2.75) is 30.1 Å². The second-order valence-corrected chi connectivity index (χ2v) is 6.34. The van der Waals surface area contributed by atoms with Crippen LogP contribution in [0.1, 0.15) is 19.3 Å². The quantitative estimate of drug-likeness (QED) is 0.594. The molecular formula is C9H15N2O3S+. The van der Waals surface area contributed by atoms with Gasteiger partial charge in [-0.05, 0) is 12.8 Å². The lowest BCUT2D eigenvalue weighted by Crippen LogP contribution is -2.72. The highest BCUT2D eigenvalue weighted by Crippen LogP contribution is 2.40. The smallest absolute Gasteiger partial charge is 0.295 e. The molecular weight excluding hydrogens is 216 g/mol. The van der Waals surface area contributed by atoms with E-state index in [1.807, 2.05) is 0 Å². The number of sulfonamides is 1. The average molecular weight is 231 g/mol. The predicted octanol–water partition coefficient (Wildman–Crippen LogP) is -1.22. The van der Waals surface area contributed by atoms with E-state index in [-0.39, 0.29) is 11.2 Å². The molecule has 0 spiro atoms. The van der Waals surface area contributed by atoms with Crippen molar-refractivity contribution in [3.8, 4) is 0 Å². The average Bonchev–Trinajstić information content (AvgIpc) is 2.97. The summed E-state index contributed by atoms with van der Waals surface area (Å²) in [7, 11) is -3.43. The van der Waals surface area contributed by atoms with Crippen LogP contribution in [0.15, 0.2) is 12.7 Å². The summed E-state index contributed by atoms with van der Waals surface area (Å²) in [5.74, 6) is -0.480. The number of carbonyl (C=O) groups is 1. The summed E-state index contributed by atoms with van der Waals surface area (Å²) < 4.78 is 25.1. The maximum Gasteiger partial charge on any atom is 0.295 e. The molecule has 5 nitrogen and oxygen atoms in total. The van der Waals surface area contributed by atoms with Crippen LogP contribution in [-0.4, -0.2) is 25.1 Å². The Bertz CT molecular complexity index is 413. The van der Waals surface area contributed by atoms with Crippen molar-refractivity contribution in [2.24, 2.45) is 5.92 Å². The number of amides is 1. The Labute approximate surface area is 88.8 Å². The second kappa shape index (κ2) is 3.05. The van der Waals surface area contributed by atoms with Gasteiger partial charge in [0.05, 0.1) is 5.25 Å². The first kappa shape index (κ1) is 10.6. The molecule has 0 heterocycles. The Hall–Kier alpha value is -0.880. The van der Waals surface area contributed by atoms with Gasteiger partial charge in [-0.3, -0.25) is 4.79 Å². The standard InChI is InChI=1S/C9H14N2O3S/c1-2-6-5-9(6,10)8(12)11-15(13,14)7-3-4-7/h2,6-7H,1,3-5,10H2,(H,11,12)/p+1. The first-order chi connectivity index (χ1) is 6.90. The van der Waals surface area contributed by atoms with Gasteiger partial charge in [0.15, 0.2) is 5.54 Å². The Morgan fingerprint density at radius 2 is 2.13 bits per heavy atom. The number of quaternary nitrogens is 1. The number of hydrogen-bond acceptors (Lipinski definition) is 3. The summed E-state index contributed by atoms with van der Waals surface area (Å²) in [6.07, 6.45) is 3.54. The lowest BCUT2D eigenvalue weighted by molar-refractivity contribution is -0.423. The van der Waals surface area contributed by atoms with Crippen molar-refractivity contribution in [3.05, 3.63) is 12.7 Å². The first-order valence-electron chi connectivity index (χ1n) is 4.94. The molecule has 2 saturated carbocycles. The Morgan fingerprint density at radius 3 is 2.53 bits per heavy atom. The largest absolute Gasteiger partial charge is 0.344 e. The number of carbonyl (C=O) groups excluding carboxylic acids is 1. The molecule has 4 N–H and O–H groups in total. The molecule has 0 aromatic rings. The molecule has 84 valence electrons. The van der Waals surface area contributed by atoms with Crippen molar-refractivity contribution in [1.29, 1.82) is 0 Å². The molecule has 2 fully saturated rings. The Morgan fingerprint density at radius 1 is 1.53 bits per heavy atom. The highest BCUT2D eigenvalue weighted by atomic mass is 32.2.